The zero-order chi connectivity index (χ0) is 25.1. The first-order chi connectivity index (χ1) is 17.5. The molecule has 5 rings (SSSR count). The third-order valence-corrected chi connectivity index (χ3v) is 6.97. The fraction of sp³-hybridized carbons (Fsp3) is 0.250. The van der Waals surface area contributed by atoms with Crippen LogP contribution in [0.5, 0.6) is 0 Å². The van der Waals surface area contributed by atoms with Crippen LogP contribution in [-0.2, 0) is 21.0 Å². The minimum absolute atomic E-state index is 0.195. The summed E-state index contributed by atoms with van der Waals surface area (Å²) in [6, 6.07) is 22.2. The van der Waals surface area contributed by atoms with Gasteiger partial charge in [-0.3, -0.25) is 19.2 Å². The molecule has 0 saturated carbocycles. The first-order valence-electron chi connectivity index (χ1n) is 11.9. The van der Waals surface area contributed by atoms with Crippen LogP contribution in [-0.4, -0.2) is 35.2 Å². The van der Waals surface area contributed by atoms with E-state index in [1.807, 2.05) is 30.3 Å². The van der Waals surface area contributed by atoms with E-state index in [0.29, 0.717) is 34.7 Å². The second-order valence-electron chi connectivity index (χ2n) is 8.96. The van der Waals surface area contributed by atoms with Crippen molar-refractivity contribution < 1.29 is 19.2 Å². The Labute approximate surface area is 214 Å². The Kier molecular flexibility index (Phi) is 7.02. The summed E-state index contributed by atoms with van der Waals surface area (Å²) in [5.74, 6) is -1.69. The molecule has 0 aromatic heterocycles. The van der Waals surface area contributed by atoms with Crippen molar-refractivity contribution in [3.63, 3.8) is 0 Å². The SMILES string of the molecule is O=C(NOCc1ccccc1)[C@@H]1c2ccccc2C(=O)N([C@@H]2CCCNC2=O)[C@H]1c1ccc(Cl)cc1. The zero-order valence-electron chi connectivity index (χ0n) is 19.5. The van der Waals surface area contributed by atoms with Gasteiger partial charge in [-0.25, -0.2) is 5.48 Å². The van der Waals surface area contributed by atoms with Gasteiger partial charge in [0.2, 0.25) is 5.91 Å². The molecule has 8 heteroatoms. The van der Waals surface area contributed by atoms with E-state index in [9.17, 15) is 14.4 Å². The molecule has 2 N–H and O–H groups in total. The van der Waals surface area contributed by atoms with Gasteiger partial charge < -0.3 is 10.2 Å². The van der Waals surface area contributed by atoms with Crippen molar-refractivity contribution in [2.24, 2.45) is 0 Å². The molecular formula is C28H26ClN3O4. The van der Waals surface area contributed by atoms with Crippen molar-refractivity contribution in [2.75, 3.05) is 6.54 Å². The van der Waals surface area contributed by atoms with Gasteiger partial charge in [0, 0.05) is 17.1 Å². The molecule has 3 aromatic rings. The molecule has 3 amide bonds. The lowest BCUT2D eigenvalue weighted by atomic mass is 9.78. The zero-order valence-corrected chi connectivity index (χ0v) is 20.3. The molecule has 2 aliphatic rings. The molecule has 3 atom stereocenters. The van der Waals surface area contributed by atoms with Crippen LogP contribution in [0.15, 0.2) is 78.9 Å². The largest absolute Gasteiger partial charge is 0.354 e. The highest BCUT2D eigenvalue weighted by Gasteiger charge is 2.48. The third-order valence-electron chi connectivity index (χ3n) is 6.72. The number of hydrogen-bond acceptors (Lipinski definition) is 4. The van der Waals surface area contributed by atoms with Crippen molar-refractivity contribution in [2.45, 2.75) is 37.5 Å². The number of hydroxylamine groups is 1. The van der Waals surface area contributed by atoms with Crippen LogP contribution >= 0.6 is 11.6 Å². The van der Waals surface area contributed by atoms with Gasteiger partial charge in [-0.15, -0.1) is 0 Å². The molecular weight excluding hydrogens is 478 g/mol. The Balaban J connectivity index is 1.55. The van der Waals surface area contributed by atoms with Gasteiger partial charge >= 0.3 is 0 Å². The highest BCUT2D eigenvalue weighted by Crippen LogP contribution is 2.45. The number of carbonyl (C=O) groups excluding carboxylic acids is 3. The fourth-order valence-electron chi connectivity index (χ4n) is 5.04. The van der Waals surface area contributed by atoms with E-state index in [0.717, 1.165) is 12.0 Å². The number of benzene rings is 3. The first-order valence-corrected chi connectivity index (χ1v) is 12.3. The highest BCUT2D eigenvalue weighted by molar-refractivity contribution is 6.30. The van der Waals surface area contributed by atoms with Crippen molar-refractivity contribution in [3.8, 4) is 0 Å². The summed E-state index contributed by atoms with van der Waals surface area (Å²) >= 11 is 6.15. The maximum Gasteiger partial charge on any atom is 0.255 e. The minimum Gasteiger partial charge on any atom is -0.354 e. The number of nitrogens with zero attached hydrogens (tertiary/aromatic N) is 1. The molecule has 0 spiro atoms. The fourth-order valence-corrected chi connectivity index (χ4v) is 5.17. The van der Waals surface area contributed by atoms with E-state index in [1.54, 1.807) is 53.4 Å². The van der Waals surface area contributed by atoms with E-state index in [-0.39, 0.29) is 18.4 Å². The molecule has 0 aliphatic carbocycles. The number of amides is 3. The average molecular weight is 504 g/mol. The predicted molar refractivity (Wildman–Crippen MR) is 135 cm³/mol. The summed E-state index contributed by atoms with van der Waals surface area (Å²) in [6.07, 6.45) is 1.26. The van der Waals surface area contributed by atoms with Crippen LogP contribution in [0.25, 0.3) is 0 Å². The van der Waals surface area contributed by atoms with Gasteiger partial charge in [0.1, 0.15) is 6.04 Å². The van der Waals surface area contributed by atoms with Crippen LogP contribution in [0.1, 0.15) is 51.8 Å². The van der Waals surface area contributed by atoms with Crippen LogP contribution in [0.4, 0.5) is 0 Å². The monoisotopic (exact) mass is 503 g/mol. The Morgan fingerprint density at radius 2 is 1.72 bits per heavy atom. The van der Waals surface area contributed by atoms with E-state index in [1.165, 1.54) is 0 Å². The molecule has 3 aromatic carbocycles. The molecule has 1 fully saturated rings. The standard InChI is InChI=1S/C28H26ClN3O4/c29-20-14-12-19(13-15-20)25-24(27(34)31-36-17-18-7-2-1-3-8-18)21-9-4-5-10-22(21)28(35)32(25)23-11-6-16-30-26(23)33/h1-5,7-10,12-15,23-25H,6,11,16-17H2,(H,30,33)(H,31,34)/t23-,24-,25+/m1/s1. The second kappa shape index (κ2) is 10.5. The van der Waals surface area contributed by atoms with Crippen molar-refractivity contribution in [3.05, 3.63) is 106 Å². The molecule has 2 aliphatic heterocycles. The van der Waals surface area contributed by atoms with Gasteiger partial charge in [0.05, 0.1) is 18.6 Å². The Morgan fingerprint density at radius 1 is 1.00 bits per heavy atom. The maximum atomic E-state index is 13.8. The summed E-state index contributed by atoms with van der Waals surface area (Å²) in [6.45, 7) is 0.761. The molecule has 0 unspecified atom stereocenters. The number of nitrogens with one attached hydrogen (secondary N) is 2. The normalized spacial score (nSPS) is 21.5. The molecule has 2 heterocycles. The lowest BCUT2D eigenvalue weighted by molar-refractivity contribution is -0.139. The molecule has 184 valence electrons. The summed E-state index contributed by atoms with van der Waals surface area (Å²) in [4.78, 5) is 47.6. The van der Waals surface area contributed by atoms with E-state index < -0.39 is 23.9 Å². The Hall–Kier alpha value is -3.68. The number of piperidine rings is 1. The number of hydrogen-bond donors (Lipinski definition) is 2. The van der Waals surface area contributed by atoms with Crippen LogP contribution in [0.3, 0.4) is 0 Å². The van der Waals surface area contributed by atoms with Gasteiger partial charge in [0.25, 0.3) is 11.8 Å². The van der Waals surface area contributed by atoms with Crippen molar-refractivity contribution in [1.29, 1.82) is 0 Å². The molecule has 0 radical (unpaired) electrons. The average Bonchev–Trinajstić information content (AvgIpc) is 2.90. The van der Waals surface area contributed by atoms with Gasteiger partial charge in [-0.2, -0.15) is 0 Å². The van der Waals surface area contributed by atoms with Crippen molar-refractivity contribution >= 4 is 29.3 Å². The predicted octanol–water partition coefficient (Wildman–Crippen LogP) is 4.15. The summed E-state index contributed by atoms with van der Waals surface area (Å²) in [5.41, 5.74) is 5.22. The summed E-state index contributed by atoms with van der Waals surface area (Å²) in [5, 5.41) is 3.41. The minimum atomic E-state index is -0.800. The topological polar surface area (TPSA) is 87.7 Å². The Morgan fingerprint density at radius 3 is 2.47 bits per heavy atom. The van der Waals surface area contributed by atoms with Crippen LogP contribution in [0, 0.1) is 0 Å². The van der Waals surface area contributed by atoms with E-state index >= 15 is 0 Å². The molecule has 1 saturated heterocycles. The lowest BCUT2D eigenvalue weighted by Gasteiger charge is -2.45. The first kappa shape index (κ1) is 24.0. The third kappa shape index (κ3) is 4.72. The van der Waals surface area contributed by atoms with Crippen LogP contribution < -0.4 is 10.8 Å². The molecule has 0 bridgehead atoms. The smallest absolute Gasteiger partial charge is 0.255 e. The van der Waals surface area contributed by atoms with Gasteiger partial charge in [0.15, 0.2) is 0 Å². The maximum absolute atomic E-state index is 13.8. The molecule has 36 heavy (non-hydrogen) atoms. The van der Waals surface area contributed by atoms with E-state index in [4.69, 9.17) is 16.4 Å². The number of fused-ring (bicyclic) bond motifs is 1. The lowest BCUT2D eigenvalue weighted by Crippen LogP contribution is -2.57. The summed E-state index contributed by atoms with van der Waals surface area (Å²) in [7, 11) is 0. The van der Waals surface area contributed by atoms with Gasteiger partial charge in [-0.1, -0.05) is 72.3 Å². The number of carbonyl (C=O) groups is 3. The number of halogens is 1. The number of rotatable bonds is 6. The van der Waals surface area contributed by atoms with Crippen LogP contribution in [0.2, 0.25) is 5.02 Å². The summed E-state index contributed by atoms with van der Waals surface area (Å²) < 4.78 is 0. The highest BCUT2D eigenvalue weighted by atomic mass is 35.5. The molecule has 7 nitrogen and oxygen atoms in total. The second-order valence-corrected chi connectivity index (χ2v) is 9.40. The van der Waals surface area contributed by atoms with Gasteiger partial charge in [-0.05, 0) is 47.7 Å². The van der Waals surface area contributed by atoms with Crippen molar-refractivity contribution in [1.82, 2.24) is 15.7 Å². The quantitative estimate of drug-likeness (QED) is 0.495. The van der Waals surface area contributed by atoms with E-state index in [2.05, 4.69) is 10.8 Å². The Bertz CT molecular complexity index is 1270.